The Labute approximate surface area is 108 Å². The molecule has 17 heavy (non-hydrogen) atoms. The molecule has 0 aromatic heterocycles. The minimum absolute atomic E-state index is 0.254. The van der Waals surface area contributed by atoms with Crippen LogP contribution in [0.2, 0.25) is 0 Å². The fourth-order valence-corrected chi connectivity index (χ4v) is 1.75. The Morgan fingerprint density at radius 2 is 1.41 bits per heavy atom. The SMILES string of the molecule is CCCCCCCCCCOCC(C)C(C)O. The van der Waals surface area contributed by atoms with E-state index < -0.39 is 0 Å². The van der Waals surface area contributed by atoms with Gasteiger partial charge >= 0.3 is 0 Å². The molecule has 0 bridgehead atoms. The van der Waals surface area contributed by atoms with Crippen LogP contribution >= 0.6 is 0 Å². The van der Waals surface area contributed by atoms with Gasteiger partial charge in [-0.3, -0.25) is 0 Å². The van der Waals surface area contributed by atoms with Crippen molar-refractivity contribution in [3.63, 3.8) is 0 Å². The smallest absolute Gasteiger partial charge is 0.0559 e. The first-order valence-electron chi connectivity index (χ1n) is 7.44. The Kier molecular flexibility index (Phi) is 12.3. The fraction of sp³-hybridized carbons (Fsp3) is 1.00. The van der Waals surface area contributed by atoms with Crippen molar-refractivity contribution in [1.82, 2.24) is 0 Å². The average Bonchev–Trinajstić information content (AvgIpc) is 2.31. The topological polar surface area (TPSA) is 29.5 Å². The zero-order valence-electron chi connectivity index (χ0n) is 12.1. The van der Waals surface area contributed by atoms with Crippen molar-refractivity contribution in [2.45, 2.75) is 78.2 Å². The molecule has 0 aliphatic carbocycles. The van der Waals surface area contributed by atoms with E-state index in [9.17, 15) is 5.11 Å². The first-order chi connectivity index (χ1) is 8.18. The number of aliphatic hydroxyl groups is 1. The molecule has 0 spiro atoms. The molecule has 2 atom stereocenters. The Hall–Kier alpha value is -0.0800. The lowest BCUT2D eigenvalue weighted by atomic mass is 10.1. The van der Waals surface area contributed by atoms with E-state index in [0.717, 1.165) is 6.61 Å². The van der Waals surface area contributed by atoms with Gasteiger partial charge < -0.3 is 9.84 Å². The van der Waals surface area contributed by atoms with E-state index in [4.69, 9.17) is 4.74 Å². The molecule has 0 saturated carbocycles. The molecule has 0 fully saturated rings. The molecule has 2 unspecified atom stereocenters. The van der Waals surface area contributed by atoms with Gasteiger partial charge in [-0.2, -0.15) is 0 Å². The summed E-state index contributed by atoms with van der Waals surface area (Å²) in [4.78, 5) is 0. The van der Waals surface area contributed by atoms with Crippen LogP contribution in [0.15, 0.2) is 0 Å². The first kappa shape index (κ1) is 16.9. The van der Waals surface area contributed by atoms with E-state index in [1.54, 1.807) is 0 Å². The molecule has 2 heteroatoms. The van der Waals surface area contributed by atoms with Crippen molar-refractivity contribution >= 4 is 0 Å². The van der Waals surface area contributed by atoms with Crippen molar-refractivity contribution in [1.29, 1.82) is 0 Å². The molecule has 1 N–H and O–H groups in total. The van der Waals surface area contributed by atoms with Crippen LogP contribution in [-0.4, -0.2) is 24.4 Å². The van der Waals surface area contributed by atoms with Crippen LogP contribution in [-0.2, 0) is 4.74 Å². The molecule has 0 aliphatic rings. The normalized spacial score (nSPS) is 14.8. The quantitative estimate of drug-likeness (QED) is 0.522. The Morgan fingerprint density at radius 1 is 0.882 bits per heavy atom. The third-order valence-electron chi connectivity index (χ3n) is 3.35. The third-order valence-corrected chi connectivity index (χ3v) is 3.35. The van der Waals surface area contributed by atoms with Crippen molar-refractivity contribution in [3.05, 3.63) is 0 Å². The lowest BCUT2D eigenvalue weighted by molar-refractivity contribution is 0.0428. The summed E-state index contributed by atoms with van der Waals surface area (Å²) in [7, 11) is 0. The molecule has 0 heterocycles. The largest absolute Gasteiger partial charge is 0.393 e. The molecule has 104 valence electrons. The van der Waals surface area contributed by atoms with E-state index in [2.05, 4.69) is 6.92 Å². The van der Waals surface area contributed by atoms with Gasteiger partial charge in [0.2, 0.25) is 0 Å². The third kappa shape index (κ3) is 12.2. The van der Waals surface area contributed by atoms with Gasteiger partial charge in [0.15, 0.2) is 0 Å². The van der Waals surface area contributed by atoms with Crippen LogP contribution in [0.4, 0.5) is 0 Å². The Balaban J connectivity index is 3.03. The predicted molar refractivity (Wildman–Crippen MR) is 74.3 cm³/mol. The second-order valence-electron chi connectivity index (χ2n) is 5.27. The van der Waals surface area contributed by atoms with Gasteiger partial charge in [-0.05, 0) is 13.3 Å². The van der Waals surface area contributed by atoms with Gasteiger partial charge in [0.25, 0.3) is 0 Å². The van der Waals surface area contributed by atoms with Gasteiger partial charge in [-0.25, -0.2) is 0 Å². The molecule has 0 amide bonds. The van der Waals surface area contributed by atoms with Crippen LogP contribution < -0.4 is 0 Å². The molecule has 0 aliphatic heterocycles. The van der Waals surface area contributed by atoms with Crippen LogP contribution in [0, 0.1) is 5.92 Å². The van der Waals surface area contributed by atoms with Gasteiger partial charge in [0.1, 0.15) is 0 Å². The highest BCUT2D eigenvalue weighted by Gasteiger charge is 2.07. The van der Waals surface area contributed by atoms with Gasteiger partial charge in [0.05, 0.1) is 12.7 Å². The van der Waals surface area contributed by atoms with Crippen LogP contribution in [0.3, 0.4) is 0 Å². The molecular weight excluding hydrogens is 212 g/mol. The second kappa shape index (κ2) is 12.4. The van der Waals surface area contributed by atoms with Gasteiger partial charge in [-0.1, -0.05) is 58.8 Å². The van der Waals surface area contributed by atoms with E-state index in [1.807, 2.05) is 13.8 Å². The maximum atomic E-state index is 9.28. The molecular formula is C15H32O2. The lowest BCUT2D eigenvalue weighted by Crippen LogP contribution is -2.19. The monoisotopic (exact) mass is 244 g/mol. The number of ether oxygens (including phenoxy) is 1. The Bertz CT molecular complexity index is 146. The first-order valence-corrected chi connectivity index (χ1v) is 7.44. The summed E-state index contributed by atoms with van der Waals surface area (Å²) in [6.07, 6.45) is 10.4. The number of unbranched alkanes of at least 4 members (excludes halogenated alkanes) is 7. The van der Waals surface area contributed by atoms with E-state index in [0.29, 0.717) is 6.61 Å². The highest BCUT2D eigenvalue weighted by atomic mass is 16.5. The molecule has 0 radical (unpaired) electrons. The summed E-state index contributed by atoms with van der Waals surface area (Å²) in [6, 6.07) is 0. The summed E-state index contributed by atoms with van der Waals surface area (Å²) >= 11 is 0. The number of aliphatic hydroxyl groups excluding tert-OH is 1. The van der Waals surface area contributed by atoms with E-state index in [-0.39, 0.29) is 12.0 Å². The molecule has 0 aromatic carbocycles. The molecule has 2 nitrogen and oxygen atoms in total. The van der Waals surface area contributed by atoms with Crippen molar-refractivity contribution < 1.29 is 9.84 Å². The lowest BCUT2D eigenvalue weighted by Gasteiger charge is -2.14. The van der Waals surface area contributed by atoms with Crippen molar-refractivity contribution in [2.75, 3.05) is 13.2 Å². The maximum Gasteiger partial charge on any atom is 0.0559 e. The highest BCUT2D eigenvalue weighted by molar-refractivity contribution is 4.57. The van der Waals surface area contributed by atoms with Gasteiger partial charge in [0, 0.05) is 12.5 Å². The minimum Gasteiger partial charge on any atom is -0.393 e. The summed E-state index contributed by atoms with van der Waals surface area (Å²) in [5.41, 5.74) is 0. The number of hydrogen-bond acceptors (Lipinski definition) is 2. The summed E-state index contributed by atoms with van der Waals surface area (Å²) < 4.78 is 5.54. The van der Waals surface area contributed by atoms with Crippen LogP contribution in [0.1, 0.15) is 72.1 Å². The maximum absolute atomic E-state index is 9.28. The standard InChI is InChI=1S/C15H32O2/c1-4-5-6-7-8-9-10-11-12-17-13-14(2)15(3)16/h14-16H,4-13H2,1-3H3. The Morgan fingerprint density at radius 3 is 1.94 bits per heavy atom. The summed E-state index contributed by atoms with van der Waals surface area (Å²) in [6.45, 7) is 7.65. The number of hydrogen-bond donors (Lipinski definition) is 1. The predicted octanol–water partition coefficient (Wildman–Crippen LogP) is 4.16. The summed E-state index contributed by atoms with van der Waals surface area (Å²) in [5, 5.41) is 9.28. The van der Waals surface area contributed by atoms with Crippen LogP contribution in [0.5, 0.6) is 0 Å². The molecule has 0 rings (SSSR count). The number of rotatable bonds is 12. The fourth-order valence-electron chi connectivity index (χ4n) is 1.75. The molecule has 0 saturated heterocycles. The average molecular weight is 244 g/mol. The van der Waals surface area contributed by atoms with E-state index in [1.165, 1.54) is 51.4 Å². The second-order valence-corrected chi connectivity index (χ2v) is 5.27. The zero-order chi connectivity index (χ0) is 12.9. The minimum atomic E-state index is -0.256. The highest BCUT2D eigenvalue weighted by Crippen LogP contribution is 2.09. The van der Waals surface area contributed by atoms with Crippen molar-refractivity contribution in [2.24, 2.45) is 5.92 Å². The van der Waals surface area contributed by atoms with Gasteiger partial charge in [-0.15, -0.1) is 0 Å². The van der Waals surface area contributed by atoms with Crippen molar-refractivity contribution in [3.8, 4) is 0 Å². The molecule has 0 aromatic rings. The zero-order valence-corrected chi connectivity index (χ0v) is 12.1. The van der Waals surface area contributed by atoms with Crippen LogP contribution in [0.25, 0.3) is 0 Å². The van der Waals surface area contributed by atoms with E-state index >= 15 is 0 Å². The summed E-state index contributed by atoms with van der Waals surface area (Å²) in [5.74, 6) is 0.254.